The lowest BCUT2D eigenvalue weighted by Gasteiger charge is -2.28. The van der Waals surface area contributed by atoms with Crippen molar-refractivity contribution in [1.82, 2.24) is 5.32 Å². The second-order valence-corrected chi connectivity index (χ2v) is 6.20. The van der Waals surface area contributed by atoms with Crippen LogP contribution in [-0.2, 0) is 11.2 Å². The quantitative estimate of drug-likeness (QED) is 0.843. The second-order valence-electron chi connectivity index (χ2n) is 5.39. The minimum absolute atomic E-state index is 0.377. The van der Waals surface area contributed by atoms with Crippen LogP contribution in [-0.4, -0.2) is 25.3 Å². The van der Waals surface area contributed by atoms with Gasteiger partial charge in [-0.2, -0.15) is 0 Å². The van der Waals surface area contributed by atoms with Crippen molar-refractivity contribution in [2.24, 2.45) is 5.92 Å². The number of halogens is 2. The van der Waals surface area contributed by atoms with Gasteiger partial charge in [0, 0.05) is 18.6 Å². The number of benzene rings is 1. The molecule has 1 aromatic rings. The van der Waals surface area contributed by atoms with Gasteiger partial charge in [0.25, 0.3) is 0 Å². The Kier molecular flexibility index (Phi) is 6.16. The van der Waals surface area contributed by atoms with Gasteiger partial charge in [-0.3, -0.25) is 0 Å². The number of likely N-dealkylation sites (N-methyl/N-ethyl adjacent to an activating group) is 1. The van der Waals surface area contributed by atoms with Gasteiger partial charge in [0.15, 0.2) is 0 Å². The molecule has 0 amide bonds. The van der Waals surface area contributed by atoms with E-state index in [0.717, 1.165) is 32.4 Å². The molecule has 2 nitrogen and oxygen atoms in total. The molecule has 0 radical (unpaired) electrons. The Labute approximate surface area is 131 Å². The third-order valence-corrected chi connectivity index (χ3v) is 4.82. The number of hydrogen-bond donors (Lipinski definition) is 1. The Hall–Kier alpha value is -0.280. The van der Waals surface area contributed by atoms with Gasteiger partial charge in [0.1, 0.15) is 0 Å². The summed E-state index contributed by atoms with van der Waals surface area (Å²) < 4.78 is 5.84. The standard InChI is InChI=1S/C16H23Cl2NO/c1-3-16-12(7-8-20-16)15(19-4-2)10-11-5-6-13(17)14(18)9-11/h5-6,9,12,15-16,19H,3-4,7-8,10H2,1-2H3. The van der Waals surface area contributed by atoms with Crippen molar-refractivity contribution in [2.75, 3.05) is 13.2 Å². The summed E-state index contributed by atoms with van der Waals surface area (Å²) in [5.74, 6) is 0.578. The molecule has 0 saturated carbocycles. The molecule has 20 heavy (non-hydrogen) atoms. The maximum Gasteiger partial charge on any atom is 0.0616 e. The van der Waals surface area contributed by atoms with E-state index in [1.165, 1.54) is 5.56 Å². The van der Waals surface area contributed by atoms with Crippen molar-refractivity contribution >= 4 is 23.2 Å². The van der Waals surface area contributed by atoms with Gasteiger partial charge in [-0.15, -0.1) is 0 Å². The normalized spacial score (nSPS) is 24.0. The molecule has 1 aromatic carbocycles. The topological polar surface area (TPSA) is 21.3 Å². The largest absolute Gasteiger partial charge is 0.378 e. The van der Waals surface area contributed by atoms with Crippen LogP contribution in [0.15, 0.2) is 18.2 Å². The molecule has 3 atom stereocenters. The maximum absolute atomic E-state index is 6.11. The van der Waals surface area contributed by atoms with Crippen LogP contribution in [0.2, 0.25) is 10.0 Å². The maximum atomic E-state index is 6.11. The zero-order valence-electron chi connectivity index (χ0n) is 12.2. The van der Waals surface area contributed by atoms with Crippen LogP contribution >= 0.6 is 23.2 Å². The van der Waals surface area contributed by atoms with E-state index in [1.807, 2.05) is 12.1 Å². The molecule has 0 aliphatic carbocycles. The summed E-state index contributed by atoms with van der Waals surface area (Å²) in [4.78, 5) is 0. The van der Waals surface area contributed by atoms with Crippen molar-refractivity contribution in [1.29, 1.82) is 0 Å². The van der Waals surface area contributed by atoms with Crippen LogP contribution in [0.25, 0.3) is 0 Å². The molecule has 4 heteroatoms. The first-order valence-electron chi connectivity index (χ1n) is 7.44. The number of rotatable bonds is 6. The average molecular weight is 316 g/mol. The Morgan fingerprint density at radius 1 is 1.30 bits per heavy atom. The van der Waals surface area contributed by atoms with Crippen molar-refractivity contribution in [2.45, 2.75) is 45.3 Å². The first-order valence-corrected chi connectivity index (χ1v) is 8.20. The smallest absolute Gasteiger partial charge is 0.0616 e. The molecule has 112 valence electrons. The zero-order chi connectivity index (χ0) is 14.5. The van der Waals surface area contributed by atoms with Crippen LogP contribution in [0, 0.1) is 5.92 Å². The fourth-order valence-electron chi connectivity index (χ4n) is 3.10. The van der Waals surface area contributed by atoms with Crippen molar-refractivity contribution in [3.8, 4) is 0 Å². The zero-order valence-corrected chi connectivity index (χ0v) is 13.7. The van der Waals surface area contributed by atoms with E-state index in [4.69, 9.17) is 27.9 Å². The van der Waals surface area contributed by atoms with E-state index in [-0.39, 0.29) is 0 Å². The summed E-state index contributed by atoms with van der Waals surface area (Å²) in [6.45, 7) is 6.20. The van der Waals surface area contributed by atoms with E-state index in [0.29, 0.717) is 28.1 Å². The summed E-state index contributed by atoms with van der Waals surface area (Å²) in [6, 6.07) is 6.36. The molecule has 1 fully saturated rings. The molecule has 0 aromatic heterocycles. The molecule has 1 N–H and O–H groups in total. The van der Waals surface area contributed by atoms with Crippen LogP contribution < -0.4 is 5.32 Å². The minimum atomic E-state index is 0.377. The van der Waals surface area contributed by atoms with Gasteiger partial charge >= 0.3 is 0 Å². The molecule has 3 unspecified atom stereocenters. The third kappa shape index (κ3) is 3.88. The SMILES string of the molecule is CCNC(Cc1ccc(Cl)c(Cl)c1)C1CCOC1CC. The molecule has 1 saturated heterocycles. The van der Waals surface area contributed by atoms with Crippen molar-refractivity contribution in [3.05, 3.63) is 33.8 Å². The summed E-state index contributed by atoms with van der Waals surface area (Å²) in [5.41, 5.74) is 1.23. The van der Waals surface area contributed by atoms with E-state index in [9.17, 15) is 0 Å². The van der Waals surface area contributed by atoms with E-state index >= 15 is 0 Å². The van der Waals surface area contributed by atoms with Crippen LogP contribution in [0.3, 0.4) is 0 Å². The van der Waals surface area contributed by atoms with Crippen LogP contribution in [0.5, 0.6) is 0 Å². The molecule has 1 aliphatic rings. The van der Waals surface area contributed by atoms with Crippen molar-refractivity contribution in [3.63, 3.8) is 0 Å². The lowest BCUT2D eigenvalue weighted by atomic mass is 9.87. The van der Waals surface area contributed by atoms with Gasteiger partial charge in [-0.05, 0) is 43.5 Å². The van der Waals surface area contributed by atoms with Gasteiger partial charge in [0.05, 0.1) is 16.1 Å². The van der Waals surface area contributed by atoms with Gasteiger partial charge < -0.3 is 10.1 Å². The van der Waals surface area contributed by atoms with Crippen LogP contribution in [0.1, 0.15) is 32.3 Å². The molecule has 1 aliphatic heterocycles. The highest BCUT2D eigenvalue weighted by Crippen LogP contribution is 2.29. The first kappa shape index (κ1) is 16.1. The molecular weight excluding hydrogens is 293 g/mol. The predicted octanol–water partition coefficient (Wildman–Crippen LogP) is 4.33. The highest BCUT2D eigenvalue weighted by molar-refractivity contribution is 6.42. The summed E-state index contributed by atoms with van der Waals surface area (Å²) >= 11 is 12.1. The summed E-state index contributed by atoms with van der Waals surface area (Å²) in [7, 11) is 0. The Bertz CT molecular complexity index is 438. The monoisotopic (exact) mass is 315 g/mol. The van der Waals surface area contributed by atoms with Gasteiger partial charge in [-0.1, -0.05) is 43.1 Å². The fourth-order valence-corrected chi connectivity index (χ4v) is 3.42. The third-order valence-electron chi connectivity index (χ3n) is 4.09. The number of nitrogens with one attached hydrogen (secondary N) is 1. The van der Waals surface area contributed by atoms with E-state index in [2.05, 4.69) is 25.2 Å². The molecule has 0 spiro atoms. The number of hydrogen-bond acceptors (Lipinski definition) is 2. The van der Waals surface area contributed by atoms with Gasteiger partial charge in [0.2, 0.25) is 0 Å². The second kappa shape index (κ2) is 7.65. The minimum Gasteiger partial charge on any atom is -0.378 e. The van der Waals surface area contributed by atoms with E-state index < -0.39 is 0 Å². The predicted molar refractivity (Wildman–Crippen MR) is 85.8 cm³/mol. The Morgan fingerprint density at radius 2 is 2.10 bits per heavy atom. The molecule has 1 heterocycles. The first-order chi connectivity index (χ1) is 9.65. The fraction of sp³-hybridized carbons (Fsp3) is 0.625. The molecular formula is C16H23Cl2NO. The number of ether oxygens (including phenoxy) is 1. The Morgan fingerprint density at radius 3 is 2.75 bits per heavy atom. The molecule has 2 rings (SSSR count). The highest BCUT2D eigenvalue weighted by atomic mass is 35.5. The summed E-state index contributed by atoms with van der Waals surface area (Å²) in [6.07, 6.45) is 3.56. The van der Waals surface area contributed by atoms with E-state index in [1.54, 1.807) is 0 Å². The highest BCUT2D eigenvalue weighted by Gasteiger charge is 2.33. The Balaban J connectivity index is 2.10. The lowest BCUT2D eigenvalue weighted by molar-refractivity contribution is 0.0776. The molecule has 0 bridgehead atoms. The van der Waals surface area contributed by atoms with Crippen molar-refractivity contribution < 1.29 is 4.74 Å². The van der Waals surface area contributed by atoms with Gasteiger partial charge in [-0.25, -0.2) is 0 Å². The summed E-state index contributed by atoms with van der Waals surface area (Å²) in [5, 5.41) is 4.87. The van der Waals surface area contributed by atoms with Crippen LogP contribution in [0.4, 0.5) is 0 Å². The lowest BCUT2D eigenvalue weighted by Crippen LogP contribution is -2.41. The average Bonchev–Trinajstić information content (AvgIpc) is 2.90.